The Bertz CT molecular complexity index is 771. The molecule has 1 aliphatic rings. The summed E-state index contributed by atoms with van der Waals surface area (Å²) >= 11 is 0.655. The van der Waals surface area contributed by atoms with Crippen molar-refractivity contribution < 1.29 is 22.3 Å². The van der Waals surface area contributed by atoms with Crippen molar-refractivity contribution in [1.29, 1.82) is 0 Å². The summed E-state index contributed by atoms with van der Waals surface area (Å²) in [5, 5.41) is 3.74. The van der Waals surface area contributed by atoms with Gasteiger partial charge in [0.2, 0.25) is 0 Å². The topological polar surface area (TPSA) is 92.5 Å². The van der Waals surface area contributed by atoms with Crippen LogP contribution in [-0.4, -0.2) is 19.7 Å². The van der Waals surface area contributed by atoms with E-state index in [4.69, 9.17) is 8.71 Å². The molecule has 0 aliphatic heterocycles. The molecule has 0 spiro atoms. The number of nitrogens with zero attached hydrogens (tertiary/aromatic N) is 1. The van der Waals surface area contributed by atoms with Gasteiger partial charge in [-0.05, 0) is 43.5 Å². The van der Waals surface area contributed by atoms with Gasteiger partial charge in [0.25, 0.3) is 0 Å². The average Bonchev–Trinajstić information content (AvgIpc) is 3.23. The Morgan fingerprint density at radius 1 is 1.48 bits per heavy atom. The van der Waals surface area contributed by atoms with Crippen molar-refractivity contribution in [2.45, 2.75) is 31.8 Å². The van der Waals surface area contributed by atoms with Crippen LogP contribution in [0.15, 0.2) is 33.4 Å². The molecule has 0 bridgehead atoms. The second-order valence-corrected chi connectivity index (χ2v) is 6.90. The maximum Gasteiger partial charge on any atom is 0.198 e. The third-order valence-electron chi connectivity index (χ3n) is 3.71. The zero-order chi connectivity index (χ0) is 16.6. The van der Waals surface area contributed by atoms with Gasteiger partial charge in [0.05, 0.1) is 29.2 Å². The van der Waals surface area contributed by atoms with E-state index in [9.17, 15) is 13.6 Å². The monoisotopic (exact) mass is 398 g/mol. The molecule has 1 aliphatic carbocycles. The molecule has 23 heavy (non-hydrogen) atoms. The van der Waals surface area contributed by atoms with Gasteiger partial charge in [0, 0.05) is 16.0 Å². The quantitative estimate of drug-likeness (QED) is 0.546. The summed E-state index contributed by atoms with van der Waals surface area (Å²) in [5.41, 5.74) is 1.28. The van der Waals surface area contributed by atoms with Crippen molar-refractivity contribution in [2.75, 3.05) is 0 Å². The van der Waals surface area contributed by atoms with Crippen LogP contribution >= 0.6 is 15.9 Å². The minimum absolute atomic E-state index is 0.247. The number of benzene rings is 1. The number of carbonyl (C=O) groups excluding carboxylic acids is 1. The Morgan fingerprint density at radius 2 is 2.22 bits per heavy atom. The standard InChI is InChI=1S/C15H14BrNO5S/c1-8(22-23(19)20)12-6-10(16)4-5-11(12)14(18)13-7-17-21-15(13)9-2-3-9/h4-9H,2-3H2,1H3,(H,19,20)/p-1. The summed E-state index contributed by atoms with van der Waals surface area (Å²) in [6, 6.07) is 5.04. The van der Waals surface area contributed by atoms with Gasteiger partial charge in [-0.3, -0.25) is 8.98 Å². The Kier molecular flexibility index (Phi) is 4.77. The lowest BCUT2D eigenvalue weighted by Crippen LogP contribution is -2.11. The molecule has 1 saturated carbocycles. The summed E-state index contributed by atoms with van der Waals surface area (Å²) in [6.07, 6.45) is 2.60. The predicted octanol–water partition coefficient (Wildman–Crippen LogP) is 3.42. The first-order valence-corrected chi connectivity index (χ1v) is 8.81. The van der Waals surface area contributed by atoms with E-state index in [-0.39, 0.29) is 11.7 Å². The molecule has 0 N–H and O–H groups in total. The third-order valence-corrected chi connectivity index (χ3v) is 4.65. The van der Waals surface area contributed by atoms with Crippen molar-refractivity contribution in [2.24, 2.45) is 0 Å². The number of rotatable bonds is 6. The summed E-state index contributed by atoms with van der Waals surface area (Å²) in [6.45, 7) is 1.57. The van der Waals surface area contributed by atoms with Crippen LogP contribution in [0.5, 0.6) is 0 Å². The first-order valence-electron chi connectivity index (χ1n) is 7.02. The zero-order valence-electron chi connectivity index (χ0n) is 12.2. The second kappa shape index (κ2) is 6.64. The molecule has 3 rings (SSSR count). The van der Waals surface area contributed by atoms with Gasteiger partial charge in [0.15, 0.2) is 11.5 Å². The van der Waals surface area contributed by atoms with E-state index in [0.29, 0.717) is 22.5 Å². The number of halogens is 1. The molecule has 1 aromatic heterocycles. The van der Waals surface area contributed by atoms with E-state index < -0.39 is 17.5 Å². The van der Waals surface area contributed by atoms with E-state index in [2.05, 4.69) is 21.1 Å². The van der Waals surface area contributed by atoms with Crippen LogP contribution in [0.25, 0.3) is 0 Å². The van der Waals surface area contributed by atoms with Crippen molar-refractivity contribution >= 4 is 33.1 Å². The molecular weight excluding hydrogens is 386 g/mol. The molecule has 6 nitrogen and oxygen atoms in total. The molecular formula is C15H13BrNO5S-. The van der Waals surface area contributed by atoms with E-state index in [1.54, 1.807) is 25.1 Å². The lowest BCUT2D eigenvalue weighted by Gasteiger charge is -2.17. The highest BCUT2D eigenvalue weighted by Gasteiger charge is 2.33. The van der Waals surface area contributed by atoms with Gasteiger partial charge in [-0.2, -0.15) is 0 Å². The van der Waals surface area contributed by atoms with Crippen LogP contribution in [0, 0.1) is 0 Å². The zero-order valence-corrected chi connectivity index (χ0v) is 14.6. The summed E-state index contributed by atoms with van der Waals surface area (Å²) in [4.78, 5) is 12.9. The highest BCUT2D eigenvalue weighted by molar-refractivity contribution is 9.10. The summed E-state index contributed by atoms with van der Waals surface area (Å²) < 4.78 is 32.3. The highest BCUT2D eigenvalue weighted by Crippen LogP contribution is 2.42. The molecule has 8 heteroatoms. The van der Waals surface area contributed by atoms with Gasteiger partial charge in [-0.25, -0.2) is 4.21 Å². The van der Waals surface area contributed by atoms with Gasteiger partial charge in [-0.1, -0.05) is 21.1 Å². The number of hydrogen-bond acceptors (Lipinski definition) is 6. The smallest absolute Gasteiger partial charge is 0.198 e. The lowest BCUT2D eigenvalue weighted by molar-refractivity contribution is 0.103. The van der Waals surface area contributed by atoms with E-state index >= 15 is 0 Å². The normalized spacial score (nSPS) is 17.0. The van der Waals surface area contributed by atoms with E-state index in [1.165, 1.54) is 6.20 Å². The number of ketones is 1. The first-order chi connectivity index (χ1) is 11.0. The highest BCUT2D eigenvalue weighted by atomic mass is 79.9. The van der Waals surface area contributed by atoms with Crippen molar-refractivity contribution in [3.63, 3.8) is 0 Å². The molecule has 1 aromatic carbocycles. The van der Waals surface area contributed by atoms with E-state index in [1.807, 2.05) is 0 Å². The van der Waals surface area contributed by atoms with Gasteiger partial charge >= 0.3 is 0 Å². The molecule has 122 valence electrons. The Hall–Kier alpha value is -1.35. The maximum atomic E-state index is 12.9. The van der Waals surface area contributed by atoms with Crippen molar-refractivity contribution in [3.05, 3.63) is 51.3 Å². The predicted molar refractivity (Wildman–Crippen MR) is 84.5 cm³/mol. The van der Waals surface area contributed by atoms with Crippen molar-refractivity contribution in [3.8, 4) is 0 Å². The number of carbonyl (C=O) groups is 1. The van der Waals surface area contributed by atoms with Crippen molar-refractivity contribution in [1.82, 2.24) is 5.16 Å². The molecule has 1 heterocycles. The van der Waals surface area contributed by atoms with Gasteiger partial charge < -0.3 is 9.08 Å². The minimum atomic E-state index is -2.67. The molecule has 1 fully saturated rings. The Balaban J connectivity index is 1.99. The van der Waals surface area contributed by atoms with E-state index in [0.717, 1.165) is 17.3 Å². The Labute approximate surface area is 143 Å². The van der Waals surface area contributed by atoms with Crippen LogP contribution < -0.4 is 0 Å². The fraction of sp³-hybridized carbons (Fsp3) is 0.333. The molecule has 0 saturated heterocycles. The van der Waals surface area contributed by atoms with Gasteiger partial charge in [0.1, 0.15) is 0 Å². The maximum absolute atomic E-state index is 12.9. The summed E-state index contributed by atoms with van der Waals surface area (Å²) in [7, 11) is 0. The second-order valence-electron chi connectivity index (χ2n) is 5.38. The third kappa shape index (κ3) is 3.60. The number of aromatic nitrogens is 1. The molecule has 2 aromatic rings. The fourth-order valence-corrected chi connectivity index (χ4v) is 3.17. The lowest BCUT2D eigenvalue weighted by atomic mass is 9.95. The average molecular weight is 399 g/mol. The molecule has 2 atom stereocenters. The minimum Gasteiger partial charge on any atom is -0.750 e. The van der Waals surface area contributed by atoms with Crippen LogP contribution in [0.4, 0.5) is 0 Å². The fourth-order valence-electron chi connectivity index (χ4n) is 2.45. The van der Waals surface area contributed by atoms with Crippen LogP contribution in [0.1, 0.15) is 59.0 Å². The summed E-state index contributed by atoms with van der Waals surface area (Å²) in [5.74, 6) is 0.603. The van der Waals surface area contributed by atoms with Crippen LogP contribution in [0.2, 0.25) is 0 Å². The first kappa shape index (κ1) is 16.5. The van der Waals surface area contributed by atoms with Crippen LogP contribution in [0.3, 0.4) is 0 Å². The van der Waals surface area contributed by atoms with Gasteiger partial charge in [-0.15, -0.1) is 0 Å². The molecule has 0 radical (unpaired) electrons. The molecule has 0 amide bonds. The number of hydrogen-bond donors (Lipinski definition) is 0. The van der Waals surface area contributed by atoms with Crippen LogP contribution in [-0.2, 0) is 15.5 Å². The SMILES string of the molecule is CC(OS(=O)[O-])c1cc(Br)ccc1C(=O)c1cnoc1C1CC1. The Morgan fingerprint density at radius 3 is 2.87 bits per heavy atom. The largest absolute Gasteiger partial charge is 0.750 e. The molecule has 2 unspecified atom stereocenters.